The first kappa shape index (κ1) is 16.3. The van der Waals surface area contributed by atoms with Crippen LogP contribution >= 0.6 is 11.3 Å². The number of hydrogen-bond donors (Lipinski definition) is 1. The Balaban J connectivity index is 1.73. The standard InChI is InChI=1S/C18H16FN3OS/c1-11-6-7-13(9-14(11)19)10-21-17(23)16-12(2)22-18(24-16)15-5-3-4-8-20-15/h3-9H,10H2,1-2H3,(H,21,23). The minimum absolute atomic E-state index is 0.215. The number of benzene rings is 1. The maximum absolute atomic E-state index is 13.6. The smallest absolute Gasteiger partial charge is 0.263 e. The normalized spacial score (nSPS) is 10.6. The lowest BCUT2D eigenvalue weighted by Crippen LogP contribution is -2.22. The van der Waals surface area contributed by atoms with Gasteiger partial charge in [0.15, 0.2) is 0 Å². The number of aryl methyl sites for hydroxylation is 2. The van der Waals surface area contributed by atoms with Crippen molar-refractivity contribution in [2.24, 2.45) is 0 Å². The molecular weight excluding hydrogens is 325 g/mol. The summed E-state index contributed by atoms with van der Waals surface area (Å²) in [6.07, 6.45) is 1.69. The number of nitrogens with zero attached hydrogens (tertiary/aromatic N) is 2. The number of hydrogen-bond acceptors (Lipinski definition) is 4. The summed E-state index contributed by atoms with van der Waals surface area (Å²) in [5, 5.41) is 3.52. The molecule has 2 heterocycles. The second kappa shape index (κ2) is 6.88. The van der Waals surface area contributed by atoms with Crippen LogP contribution in [0.4, 0.5) is 4.39 Å². The molecule has 0 fully saturated rings. The van der Waals surface area contributed by atoms with E-state index in [1.54, 1.807) is 32.2 Å². The van der Waals surface area contributed by atoms with E-state index in [0.717, 1.165) is 11.3 Å². The van der Waals surface area contributed by atoms with Crippen LogP contribution < -0.4 is 5.32 Å². The highest BCUT2D eigenvalue weighted by molar-refractivity contribution is 7.17. The summed E-state index contributed by atoms with van der Waals surface area (Å²) in [6.45, 7) is 3.77. The minimum atomic E-state index is -0.270. The molecule has 3 aromatic rings. The zero-order valence-electron chi connectivity index (χ0n) is 13.3. The van der Waals surface area contributed by atoms with Gasteiger partial charge < -0.3 is 5.32 Å². The predicted molar refractivity (Wildman–Crippen MR) is 92.4 cm³/mol. The fourth-order valence-electron chi connectivity index (χ4n) is 2.21. The van der Waals surface area contributed by atoms with Gasteiger partial charge in [0.1, 0.15) is 15.7 Å². The highest BCUT2D eigenvalue weighted by Gasteiger charge is 2.16. The van der Waals surface area contributed by atoms with Crippen molar-refractivity contribution < 1.29 is 9.18 Å². The lowest BCUT2D eigenvalue weighted by molar-refractivity contribution is 0.0954. The van der Waals surface area contributed by atoms with E-state index in [4.69, 9.17) is 0 Å². The van der Waals surface area contributed by atoms with Gasteiger partial charge in [0, 0.05) is 12.7 Å². The molecule has 0 bridgehead atoms. The first-order chi connectivity index (χ1) is 11.5. The number of halogens is 1. The molecule has 2 aromatic heterocycles. The molecule has 1 aromatic carbocycles. The maximum atomic E-state index is 13.6. The van der Waals surface area contributed by atoms with Gasteiger partial charge in [-0.3, -0.25) is 9.78 Å². The number of amides is 1. The third-order valence-corrected chi connectivity index (χ3v) is 4.75. The van der Waals surface area contributed by atoms with Crippen LogP contribution in [0.5, 0.6) is 0 Å². The van der Waals surface area contributed by atoms with Crippen molar-refractivity contribution in [3.05, 3.63) is 70.1 Å². The molecule has 0 unspecified atom stereocenters. The van der Waals surface area contributed by atoms with Gasteiger partial charge in [-0.25, -0.2) is 9.37 Å². The molecular formula is C18H16FN3OS. The Hall–Kier alpha value is -2.60. The Morgan fingerprint density at radius 2 is 2.08 bits per heavy atom. The maximum Gasteiger partial charge on any atom is 0.263 e. The number of aromatic nitrogens is 2. The Kier molecular flexibility index (Phi) is 4.66. The Labute approximate surface area is 143 Å². The van der Waals surface area contributed by atoms with Gasteiger partial charge in [-0.1, -0.05) is 18.2 Å². The molecule has 0 aliphatic rings. The molecule has 0 aliphatic heterocycles. The molecule has 0 saturated carbocycles. The van der Waals surface area contributed by atoms with Crippen LogP contribution in [0.15, 0.2) is 42.6 Å². The second-order valence-electron chi connectivity index (χ2n) is 5.41. The van der Waals surface area contributed by atoms with E-state index < -0.39 is 0 Å². The zero-order valence-corrected chi connectivity index (χ0v) is 14.2. The van der Waals surface area contributed by atoms with Gasteiger partial charge in [-0.15, -0.1) is 11.3 Å². The van der Waals surface area contributed by atoms with E-state index in [2.05, 4.69) is 15.3 Å². The molecule has 122 valence electrons. The highest BCUT2D eigenvalue weighted by Crippen LogP contribution is 2.26. The van der Waals surface area contributed by atoms with Crippen LogP contribution in [0, 0.1) is 19.7 Å². The van der Waals surface area contributed by atoms with Crippen molar-refractivity contribution in [1.82, 2.24) is 15.3 Å². The summed E-state index contributed by atoms with van der Waals surface area (Å²) in [5.74, 6) is -0.485. The van der Waals surface area contributed by atoms with E-state index in [9.17, 15) is 9.18 Å². The number of rotatable bonds is 4. The first-order valence-corrected chi connectivity index (χ1v) is 8.28. The number of nitrogens with one attached hydrogen (secondary N) is 1. The summed E-state index contributed by atoms with van der Waals surface area (Å²) in [6, 6.07) is 10.5. The largest absolute Gasteiger partial charge is 0.347 e. The number of pyridine rings is 1. The van der Waals surface area contributed by atoms with Gasteiger partial charge in [-0.2, -0.15) is 0 Å². The molecule has 1 N–H and O–H groups in total. The van der Waals surface area contributed by atoms with Gasteiger partial charge in [0.2, 0.25) is 0 Å². The van der Waals surface area contributed by atoms with E-state index in [1.807, 2.05) is 18.2 Å². The molecule has 0 aliphatic carbocycles. The lowest BCUT2D eigenvalue weighted by atomic mass is 10.1. The van der Waals surface area contributed by atoms with E-state index in [0.29, 0.717) is 21.1 Å². The zero-order chi connectivity index (χ0) is 17.1. The van der Waals surface area contributed by atoms with Crippen LogP contribution in [0.1, 0.15) is 26.5 Å². The van der Waals surface area contributed by atoms with Gasteiger partial charge in [0.25, 0.3) is 5.91 Å². The monoisotopic (exact) mass is 341 g/mol. The van der Waals surface area contributed by atoms with Gasteiger partial charge >= 0.3 is 0 Å². The van der Waals surface area contributed by atoms with E-state index in [-0.39, 0.29) is 18.3 Å². The van der Waals surface area contributed by atoms with Crippen molar-refractivity contribution in [3.8, 4) is 10.7 Å². The van der Waals surface area contributed by atoms with Crippen LogP contribution in [-0.4, -0.2) is 15.9 Å². The molecule has 0 atom stereocenters. The molecule has 24 heavy (non-hydrogen) atoms. The van der Waals surface area contributed by atoms with Crippen molar-refractivity contribution in [2.45, 2.75) is 20.4 Å². The van der Waals surface area contributed by atoms with Crippen molar-refractivity contribution in [3.63, 3.8) is 0 Å². The SMILES string of the molecule is Cc1ccc(CNC(=O)c2sc(-c3ccccn3)nc2C)cc1F. The number of carbonyl (C=O) groups is 1. The third kappa shape index (κ3) is 3.49. The Morgan fingerprint density at radius 3 is 2.79 bits per heavy atom. The topological polar surface area (TPSA) is 54.9 Å². The van der Waals surface area contributed by atoms with Crippen molar-refractivity contribution in [1.29, 1.82) is 0 Å². The number of thiazole rings is 1. The van der Waals surface area contributed by atoms with Crippen molar-refractivity contribution in [2.75, 3.05) is 0 Å². The molecule has 4 nitrogen and oxygen atoms in total. The summed E-state index contributed by atoms with van der Waals surface area (Å²) in [4.78, 5) is 21.6. The van der Waals surface area contributed by atoms with Crippen molar-refractivity contribution >= 4 is 17.2 Å². The molecule has 6 heteroatoms. The minimum Gasteiger partial charge on any atom is -0.347 e. The van der Waals surface area contributed by atoms with Gasteiger partial charge in [-0.05, 0) is 43.2 Å². The van der Waals surface area contributed by atoms with Crippen LogP contribution in [0.2, 0.25) is 0 Å². The van der Waals surface area contributed by atoms with E-state index >= 15 is 0 Å². The molecule has 0 saturated heterocycles. The highest BCUT2D eigenvalue weighted by atomic mass is 32.1. The fraction of sp³-hybridized carbons (Fsp3) is 0.167. The third-order valence-electron chi connectivity index (χ3n) is 3.58. The molecule has 0 spiro atoms. The first-order valence-electron chi connectivity index (χ1n) is 7.46. The molecule has 3 rings (SSSR count). The lowest BCUT2D eigenvalue weighted by Gasteiger charge is -2.05. The summed E-state index contributed by atoms with van der Waals surface area (Å²) >= 11 is 1.30. The average molecular weight is 341 g/mol. The van der Waals surface area contributed by atoms with Crippen LogP contribution in [-0.2, 0) is 6.54 Å². The molecule has 1 amide bonds. The summed E-state index contributed by atoms with van der Waals surface area (Å²) < 4.78 is 13.6. The Morgan fingerprint density at radius 1 is 1.25 bits per heavy atom. The predicted octanol–water partition coefficient (Wildman–Crippen LogP) is 3.89. The Bertz CT molecular complexity index is 877. The fourth-order valence-corrected chi connectivity index (χ4v) is 3.17. The summed E-state index contributed by atoms with van der Waals surface area (Å²) in [5.41, 5.74) is 2.71. The van der Waals surface area contributed by atoms with Gasteiger partial charge in [0.05, 0.1) is 11.4 Å². The second-order valence-corrected chi connectivity index (χ2v) is 6.41. The van der Waals surface area contributed by atoms with Crippen LogP contribution in [0.3, 0.4) is 0 Å². The summed E-state index contributed by atoms with van der Waals surface area (Å²) in [7, 11) is 0. The quantitative estimate of drug-likeness (QED) is 0.783. The molecule has 0 radical (unpaired) electrons. The average Bonchev–Trinajstić information content (AvgIpc) is 2.98. The van der Waals surface area contributed by atoms with E-state index in [1.165, 1.54) is 17.4 Å². The number of carbonyl (C=O) groups excluding carboxylic acids is 1. The van der Waals surface area contributed by atoms with Crippen LogP contribution in [0.25, 0.3) is 10.7 Å².